The van der Waals surface area contributed by atoms with Crippen LogP contribution >= 0.6 is 0 Å². The maximum atomic E-state index is 13.4. The number of hydrogen-bond donors (Lipinski definition) is 2. The molecule has 0 aromatic carbocycles. The fourth-order valence-corrected chi connectivity index (χ4v) is 2.68. The van der Waals surface area contributed by atoms with Crippen molar-refractivity contribution in [2.24, 2.45) is 22.7 Å². The molecular formula is C9H15F2N3O. The van der Waals surface area contributed by atoms with Crippen LogP contribution in [0.1, 0.15) is 12.8 Å². The standard InChI is InChI=1S/C9H15F2N3O/c10-9(11)2-1-6-3-14(4-7(6)9)5-8(12)13-15/h6-7,15H,1-5H2,(H2,12,13). The average Bonchev–Trinajstić information content (AvgIpc) is 2.68. The minimum Gasteiger partial charge on any atom is -0.409 e. The summed E-state index contributed by atoms with van der Waals surface area (Å²) in [4.78, 5) is 1.83. The van der Waals surface area contributed by atoms with Crippen LogP contribution in [-0.2, 0) is 0 Å². The zero-order valence-corrected chi connectivity index (χ0v) is 8.37. The molecule has 0 aromatic rings. The molecule has 1 aliphatic heterocycles. The lowest BCUT2D eigenvalue weighted by Crippen LogP contribution is -2.35. The van der Waals surface area contributed by atoms with Gasteiger partial charge in [-0.15, -0.1) is 0 Å². The number of oxime groups is 1. The second-order valence-electron chi connectivity index (χ2n) is 4.45. The maximum Gasteiger partial charge on any atom is 0.252 e. The van der Waals surface area contributed by atoms with Crippen LogP contribution in [0, 0.1) is 11.8 Å². The van der Waals surface area contributed by atoms with E-state index in [4.69, 9.17) is 10.9 Å². The van der Waals surface area contributed by atoms with Crippen LogP contribution in [-0.4, -0.2) is 41.5 Å². The number of halogens is 2. The number of rotatable bonds is 2. The number of likely N-dealkylation sites (tertiary alicyclic amines) is 1. The number of amidine groups is 1. The summed E-state index contributed by atoms with van der Waals surface area (Å²) in [6, 6.07) is 0. The molecule has 2 unspecified atom stereocenters. The van der Waals surface area contributed by atoms with Crippen molar-refractivity contribution in [2.45, 2.75) is 18.8 Å². The van der Waals surface area contributed by atoms with Gasteiger partial charge < -0.3 is 10.9 Å². The van der Waals surface area contributed by atoms with Crippen molar-refractivity contribution in [2.75, 3.05) is 19.6 Å². The van der Waals surface area contributed by atoms with Gasteiger partial charge in [-0.2, -0.15) is 0 Å². The summed E-state index contributed by atoms with van der Waals surface area (Å²) in [6.07, 6.45) is 0.601. The first kappa shape index (κ1) is 10.6. The van der Waals surface area contributed by atoms with Gasteiger partial charge in [-0.3, -0.25) is 4.90 Å². The first-order valence-corrected chi connectivity index (χ1v) is 5.09. The number of nitrogens with zero attached hydrogens (tertiary/aromatic N) is 2. The third kappa shape index (κ3) is 1.90. The minimum atomic E-state index is -2.52. The van der Waals surface area contributed by atoms with Crippen molar-refractivity contribution < 1.29 is 14.0 Å². The summed E-state index contributed by atoms with van der Waals surface area (Å²) in [6.45, 7) is 1.27. The lowest BCUT2D eigenvalue weighted by atomic mass is 9.99. The molecule has 0 radical (unpaired) electrons. The van der Waals surface area contributed by atoms with E-state index >= 15 is 0 Å². The third-order valence-corrected chi connectivity index (χ3v) is 3.42. The predicted octanol–water partition coefficient (Wildman–Crippen LogP) is 0.710. The van der Waals surface area contributed by atoms with Gasteiger partial charge in [0.1, 0.15) is 0 Å². The van der Waals surface area contributed by atoms with Gasteiger partial charge in [0.25, 0.3) is 5.92 Å². The lowest BCUT2D eigenvalue weighted by molar-refractivity contribution is -0.0393. The van der Waals surface area contributed by atoms with E-state index in [1.54, 1.807) is 0 Å². The van der Waals surface area contributed by atoms with Crippen LogP contribution in [0.5, 0.6) is 0 Å². The van der Waals surface area contributed by atoms with Gasteiger partial charge in [0.2, 0.25) is 0 Å². The zero-order chi connectivity index (χ0) is 11.1. The second-order valence-corrected chi connectivity index (χ2v) is 4.45. The van der Waals surface area contributed by atoms with E-state index in [0.29, 0.717) is 19.5 Å². The molecule has 0 spiro atoms. The molecule has 0 amide bonds. The van der Waals surface area contributed by atoms with E-state index < -0.39 is 11.8 Å². The van der Waals surface area contributed by atoms with E-state index in [1.165, 1.54) is 0 Å². The van der Waals surface area contributed by atoms with Crippen molar-refractivity contribution >= 4 is 5.84 Å². The van der Waals surface area contributed by atoms with Crippen molar-refractivity contribution in [3.63, 3.8) is 0 Å². The van der Waals surface area contributed by atoms with Gasteiger partial charge in [0.15, 0.2) is 5.84 Å². The Labute approximate surface area is 86.7 Å². The molecule has 86 valence electrons. The van der Waals surface area contributed by atoms with Gasteiger partial charge in [0, 0.05) is 25.4 Å². The summed E-state index contributed by atoms with van der Waals surface area (Å²) in [7, 11) is 0. The summed E-state index contributed by atoms with van der Waals surface area (Å²) < 4.78 is 26.7. The summed E-state index contributed by atoms with van der Waals surface area (Å²) in [5, 5.41) is 11.2. The second kappa shape index (κ2) is 3.59. The van der Waals surface area contributed by atoms with E-state index in [0.717, 1.165) is 0 Å². The fourth-order valence-electron chi connectivity index (χ4n) is 2.68. The minimum absolute atomic E-state index is 0.0136. The summed E-state index contributed by atoms with van der Waals surface area (Å²) in [5.74, 6) is -2.90. The normalized spacial score (nSPS) is 35.7. The van der Waals surface area contributed by atoms with Crippen molar-refractivity contribution in [3.05, 3.63) is 0 Å². The quantitative estimate of drug-likeness (QED) is 0.311. The van der Waals surface area contributed by atoms with E-state index in [9.17, 15) is 8.78 Å². The highest BCUT2D eigenvalue weighted by Crippen LogP contribution is 2.47. The molecule has 15 heavy (non-hydrogen) atoms. The Hall–Kier alpha value is -0.910. The highest BCUT2D eigenvalue weighted by Gasteiger charge is 2.53. The SMILES string of the molecule is N/C(CN1CC2CCC(F)(F)C2C1)=N\O. The highest BCUT2D eigenvalue weighted by atomic mass is 19.3. The zero-order valence-electron chi connectivity index (χ0n) is 8.37. The molecule has 2 atom stereocenters. The molecule has 1 aliphatic carbocycles. The molecule has 2 aliphatic rings. The third-order valence-electron chi connectivity index (χ3n) is 3.42. The maximum absolute atomic E-state index is 13.4. The van der Waals surface area contributed by atoms with E-state index in [1.807, 2.05) is 4.90 Å². The van der Waals surface area contributed by atoms with Gasteiger partial charge in [0.05, 0.1) is 6.54 Å². The Morgan fingerprint density at radius 1 is 1.53 bits per heavy atom. The molecule has 6 heteroatoms. The molecule has 1 saturated heterocycles. The summed E-state index contributed by atoms with van der Waals surface area (Å²) >= 11 is 0. The topological polar surface area (TPSA) is 61.8 Å². The number of fused-ring (bicyclic) bond motifs is 1. The largest absolute Gasteiger partial charge is 0.409 e. The number of hydrogen-bond acceptors (Lipinski definition) is 3. The molecule has 3 N–H and O–H groups in total. The summed E-state index contributed by atoms with van der Waals surface area (Å²) in [5.41, 5.74) is 5.34. The van der Waals surface area contributed by atoms with Gasteiger partial charge >= 0.3 is 0 Å². The van der Waals surface area contributed by atoms with Gasteiger partial charge in [-0.25, -0.2) is 8.78 Å². The Balaban J connectivity index is 1.96. The Kier molecular flexibility index (Phi) is 2.54. The van der Waals surface area contributed by atoms with Crippen LogP contribution in [0.15, 0.2) is 5.16 Å². The van der Waals surface area contributed by atoms with Crippen molar-refractivity contribution in [1.82, 2.24) is 4.90 Å². The smallest absolute Gasteiger partial charge is 0.252 e. The van der Waals surface area contributed by atoms with Crippen LogP contribution in [0.25, 0.3) is 0 Å². The highest BCUT2D eigenvalue weighted by molar-refractivity contribution is 5.81. The van der Waals surface area contributed by atoms with Gasteiger partial charge in [-0.1, -0.05) is 5.16 Å². The first-order chi connectivity index (χ1) is 7.03. The van der Waals surface area contributed by atoms with Crippen molar-refractivity contribution in [1.29, 1.82) is 0 Å². The lowest BCUT2D eigenvalue weighted by Gasteiger charge is -2.19. The molecular weight excluding hydrogens is 204 g/mol. The van der Waals surface area contributed by atoms with E-state index in [2.05, 4.69) is 5.16 Å². The van der Waals surface area contributed by atoms with Crippen LogP contribution in [0.4, 0.5) is 8.78 Å². The molecule has 2 rings (SSSR count). The van der Waals surface area contributed by atoms with Crippen LogP contribution < -0.4 is 5.73 Å². The molecule has 0 bridgehead atoms. The predicted molar refractivity (Wildman–Crippen MR) is 51.0 cm³/mol. The molecule has 2 fully saturated rings. The Morgan fingerprint density at radius 2 is 2.27 bits per heavy atom. The molecule has 1 saturated carbocycles. The van der Waals surface area contributed by atoms with Gasteiger partial charge in [-0.05, 0) is 12.3 Å². The first-order valence-electron chi connectivity index (χ1n) is 5.09. The molecule has 4 nitrogen and oxygen atoms in total. The number of nitrogens with two attached hydrogens (primary N) is 1. The van der Waals surface area contributed by atoms with E-state index in [-0.39, 0.29) is 24.7 Å². The molecule has 0 aromatic heterocycles. The Bertz CT molecular complexity index is 283. The van der Waals surface area contributed by atoms with Crippen LogP contribution in [0.2, 0.25) is 0 Å². The monoisotopic (exact) mass is 219 g/mol. The van der Waals surface area contributed by atoms with Crippen molar-refractivity contribution in [3.8, 4) is 0 Å². The molecule has 1 heterocycles. The Morgan fingerprint density at radius 3 is 2.87 bits per heavy atom. The number of alkyl halides is 2. The fraction of sp³-hybridized carbons (Fsp3) is 0.889. The average molecular weight is 219 g/mol. The van der Waals surface area contributed by atoms with Crippen LogP contribution in [0.3, 0.4) is 0 Å².